The maximum Gasteiger partial charge on any atom is 0.251 e. The summed E-state index contributed by atoms with van der Waals surface area (Å²) in [6.07, 6.45) is 0. The van der Waals surface area contributed by atoms with E-state index in [2.05, 4.69) is 5.32 Å². The lowest BCUT2D eigenvalue weighted by atomic mass is 10.1. The van der Waals surface area contributed by atoms with E-state index >= 15 is 0 Å². The molecular formula is C15H15FN2O. The third kappa shape index (κ3) is 3.63. The first-order valence-corrected chi connectivity index (χ1v) is 6.00. The molecule has 0 radical (unpaired) electrons. The van der Waals surface area contributed by atoms with Gasteiger partial charge in [-0.05, 0) is 35.4 Å². The Kier molecular flexibility index (Phi) is 4.26. The van der Waals surface area contributed by atoms with Crippen molar-refractivity contribution in [3.8, 4) is 0 Å². The maximum atomic E-state index is 13.0. The van der Waals surface area contributed by atoms with E-state index < -0.39 is 0 Å². The number of carbonyl (C=O) groups excluding carboxylic acids is 1. The molecule has 98 valence electrons. The van der Waals surface area contributed by atoms with Crippen LogP contribution in [0.5, 0.6) is 0 Å². The SMILES string of the molecule is NCc1cccc(C(=O)NCc2cccc(F)c2)c1. The summed E-state index contributed by atoms with van der Waals surface area (Å²) in [5.41, 5.74) is 7.71. The number of carbonyl (C=O) groups is 1. The summed E-state index contributed by atoms with van der Waals surface area (Å²) in [4.78, 5) is 11.9. The molecule has 0 aliphatic carbocycles. The van der Waals surface area contributed by atoms with E-state index in [9.17, 15) is 9.18 Å². The predicted octanol–water partition coefficient (Wildman–Crippen LogP) is 2.21. The lowest BCUT2D eigenvalue weighted by Crippen LogP contribution is -2.23. The molecular weight excluding hydrogens is 243 g/mol. The monoisotopic (exact) mass is 258 g/mol. The highest BCUT2D eigenvalue weighted by Gasteiger charge is 2.05. The molecule has 4 heteroatoms. The molecule has 19 heavy (non-hydrogen) atoms. The van der Waals surface area contributed by atoms with Gasteiger partial charge in [-0.2, -0.15) is 0 Å². The van der Waals surface area contributed by atoms with Crippen molar-refractivity contribution >= 4 is 5.91 Å². The van der Waals surface area contributed by atoms with Crippen molar-refractivity contribution in [2.24, 2.45) is 5.73 Å². The summed E-state index contributed by atoms with van der Waals surface area (Å²) in [5, 5.41) is 2.75. The molecule has 0 fully saturated rings. The van der Waals surface area contributed by atoms with Crippen LogP contribution in [-0.4, -0.2) is 5.91 Å². The molecule has 0 aromatic heterocycles. The van der Waals surface area contributed by atoms with Crippen molar-refractivity contribution in [3.63, 3.8) is 0 Å². The van der Waals surface area contributed by atoms with Gasteiger partial charge < -0.3 is 11.1 Å². The van der Waals surface area contributed by atoms with E-state index in [0.29, 0.717) is 18.7 Å². The van der Waals surface area contributed by atoms with E-state index in [4.69, 9.17) is 5.73 Å². The fourth-order valence-corrected chi connectivity index (χ4v) is 1.77. The second-order valence-corrected chi connectivity index (χ2v) is 4.22. The van der Waals surface area contributed by atoms with E-state index in [1.54, 1.807) is 30.3 Å². The molecule has 0 saturated heterocycles. The average molecular weight is 258 g/mol. The van der Waals surface area contributed by atoms with E-state index in [-0.39, 0.29) is 11.7 Å². The zero-order chi connectivity index (χ0) is 13.7. The van der Waals surface area contributed by atoms with Crippen LogP contribution in [0.2, 0.25) is 0 Å². The normalized spacial score (nSPS) is 10.2. The number of hydrogen-bond acceptors (Lipinski definition) is 2. The summed E-state index contributed by atoms with van der Waals surface area (Å²) < 4.78 is 13.0. The topological polar surface area (TPSA) is 55.1 Å². The van der Waals surface area contributed by atoms with E-state index in [1.165, 1.54) is 12.1 Å². The van der Waals surface area contributed by atoms with Gasteiger partial charge in [-0.3, -0.25) is 4.79 Å². The molecule has 0 unspecified atom stereocenters. The van der Waals surface area contributed by atoms with Crippen LogP contribution in [0.3, 0.4) is 0 Å². The lowest BCUT2D eigenvalue weighted by molar-refractivity contribution is 0.0950. The molecule has 0 saturated carbocycles. The quantitative estimate of drug-likeness (QED) is 0.883. The number of hydrogen-bond donors (Lipinski definition) is 2. The molecule has 0 atom stereocenters. The van der Waals surface area contributed by atoms with Gasteiger partial charge in [0.2, 0.25) is 0 Å². The number of amides is 1. The minimum atomic E-state index is -0.308. The second-order valence-electron chi connectivity index (χ2n) is 4.22. The molecule has 2 aromatic rings. The van der Waals surface area contributed by atoms with Crippen LogP contribution in [0.15, 0.2) is 48.5 Å². The minimum absolute atomic E-state index is 0.195. The van der Waals surface area contributed by atoms with Crippen LogP contribution in [0.25, 0.3) is 0 Å². The Balaban J connectivity index is 2.01. The molecule has 1 amide bonds. The average Bonchev–Trinajstić information content (AvgIpc) is 2.45. The van der Waals surface area contributed by atoms with Crippen LogP contribution in [0.1, 0.15) is 21.5 Å². The molecule has 2 aromatic carbocycles. The van der Waals surface area contributed by atoms with Gasteiger partial charge >= 0.3 is 0 Å². The molecule has 2 rings (SSSR count). The van der Waals surface area contributed by atoms with Crippen LogP contribution in [0, 0.1) is 5.82 Å². The summed E-state index contributed by atoms with van der Waals surface area (Å²) in [5.74, 6) is -0.503. The smallest absolute Gasteiger partial charge is 0.251 e. The van der Waals surface area contributed by atoms with Gasteiger partial charge in [0.1, 0.15) is 5.82 Å². The summed E-state index contributed by atoms with van der Waals surface area (Å²) >= 11 is 0. The standard InChI is InChI=1S/C15H15FN2O/c16-14-6-2-4-12(8-14)10-18-15(19)13-5-1-3-11(7-13)9-17/h1-8H,9-10,17H2,(H,18,19). The van der Waals surface area contributed by atoms with Gasteiger partial charge in [-0.25, -0.2) is 4.39 Å². The first-order chi connectivity index (χ1) is 9.19. The Morgan fingerprint density at radius 2 is 1.84 bits per heavy atom. The third-order valence-electron chi connectivity index (χ3n) is 2.77. The van der Waals surface area contributed by atoms with E-state index in [0.717, 1.165) is 11.1 Å². The van der Waals surface area contributed by atoms with Gasteiger partial charge in [-0.15, -0.1) is 0 Å². The van der Waals surface area contributed by atoms with Crippen molar-refractivity contribution in [2.75, 3.05) is 0 Å². The lowest BCUT2D eigenvalue weighted by Gasteiger charge is -2.06. The highest BCUT2D eigenvalue weighted by atomic mass is 19.1. The van der Waals surface area contributed by atoms with Crippen LogP contribution >= 0.6 is 0 Å². The first kappa shape index (κ1) is 13.2. The Morgan fingerprint density at radius 1 is 1.11 bits per heavy atom. The largest absolute Gasteiger partial charge is 0.348 e. The van der Waals surface area contributed by atoms with Crippen molar-refractivity contribution in [1.29, 1.82) is 0 Å². The van der Waals surface area contributed by atoms with Gasteiger partial charge in [0.25, 0.3) is 5.91 Å². The maximum absolute atomic E-state index is 13.0. The summed E-state index contributed by atoms with van der Waals surface area (Å²) in [7, 11) is 0. The Bertz CT molecular complexity index is 584. The van der Waals surface area contributed by atoms with Crippen LogP contribution in [-0.2, 0) is 13.1 Å². The van der Waals surface area contributed by atoms with Crippen molar-refractivity contribution < 1.29 is 9.18 Å². The van der Waals surface area contributed by atoms with E-state index in [1.807, 2.05) is 6.07 Å². The zero-order valence-electron chi connectivity index (χ0n) is 10.4. The number of nitrogens with two attached hydrogens (primary N) is 1. The molecule has 3 nitrogen and oxygen atoms in total. The minimum Gasteiger partial charge on any atom is -0.348 e. The van der Waals surface area contributed by atoms with Gasteiger partial charge in [0.05, 0.1) is 0 Å². The van der Waals surface area contributed by atoms with Crippen LogP contribution < -0.4 is 11.1 Å². The fraction of sp³-hybridized carbons (Fsp3) is 0.133. The summed E-state index contributed by atoms with van der Waals surface area (Å²) in [6.45, 7) is 0.689. The van der Waals surface area contributed by atoms with Gasteiger partial charge in [0.15, 0.2) is 0 Å². The molecule has 0 aliphatic rings. The Labute approximate surface area is 111 Å². The van der Waals surface area contributed by atoms with Crippen molar-refractivity contribution in [3.05, 3.63) is 71.0 Å². The molecule has 0 bridgehead atoms. The van der Waals surface area contributed by atoms with Crippen molar-refractivity contribution in [2.45, 2.75) is 13.1 Å². The van der Waals surface area contributed by atoms with Crippen LogP contribution in [0.4, 0.5) is 4.39 Å². The first-order valence-electron chi connectivity index (χ1n) is 6.00. The molecule has 0 heterocycles. The van der Waals surface area contributed by atoms with Gasteiger partial charge in [0, 0.05) is 18.7 Å². The number of nitrogens with one attached hydrogen (secondary N) is 1. The number of rotatable bonds is 4. The fourth-order valence-electron chi connectivity index (χ4n) is 1.77. The molecule has 3 N–H and O–H groups in total. The van der Waals surface area contributed by atoms with Crippen molar-refractivity contribution in [1.82, 2.24) is 5.32 Å². The van der Waals surface area contributed by atoms with Gasteiger partial charge in [-0.1, -0.05) is 24.3 Å². The Hall–Kier alpha value is -2.20. The zero-order valence-corrected chi connectivity index (χ0v) is 10.4. The predicted molar refractivity (Wildman–Crippen MR) is 71.9 cm³/mol. The highest BCUT2D eigenvalue weighted by molar-refractivity contribution is 5.94. The third-order valence-corrected chi connectivity index (χ3v) is 2.77. The summed E-state index contributed by atoms with van der Waals surface area (Å²) in [6, 6.07) is 13.3. The second kappa shape index (κ2) is 6.11. The number of halogens is 1. The molecule has 0 aliphatic heterocycles. The Morgan fingerprint density at radius 3 is 2.58 bits per heavy atom. The number of benzene rings is 2. The molecule has 0 spiro atoms. The highest BCUT2D eigenvalue weighted by Crippen LogP contribution is 2.06.